The second-order valence-electron chi connectivity index (χ2n) is 4.20. The van der Waals surface area contributed by atoms with Gasteiger partial charge < -0.3 is 15.0 Å². The third kappa shape index (κ3) is 2.83. The minimum atomic E-state index is 0.599. The first-order valence-corrected chi connectivity index (χ1v) is 6.47. The van der Waals surface area contributed by atoms with Crippen LogP contribution in [0.1, 0.15) is 12.2 Å². The van der Waals surface area contributed by atoms with E-state index in [9.17, 15) is 0 Å². The van der Waals surface area contributed by atoms with Crippen molar-refractivity contribution in [3.8, 4) is 0 Å². The van der Waals surface area contributed by atoms with Gasteiger partial charge in [0.15, 0.2) is 0 Å². The van der Waals surface area contributed by atoms with Gasteiger partial charge in [-0.1, -0.05) is 11.6 Å². The lowest BCUT2D eigenvalue weighted by Crippen LogP contribution is -2.11. The first-order valence-electron chi connectivity index (χ1n) is 6.10. The van der Waals surface area contributed by atoms with Gasteiger partial charge in [-0.15, -0.1) is 0 Å². The van der Waals surface area contributed by atoms with Gasteiger partial charge in [-0.05, 0) is 31.2 Å². The van der Waals surface area contributed by atoms with Gasteiger partial charge in [0.25, 0.3) is 0 Å². The molecule has 0 fully saturated rings. The van der Waals surface area contributed by atoms with Gasteiger partial charge in [0, 0.05) is 31.7 Å². The topological polar surface area (TPSA) is 53.1 Å². The lowest BCUT2D eigenvalue weighted by molar-refractivity contribution is 0.190. The molecule has 0 atom stereocenters. The molecule has 2 aromatic rings. The molecule has 0 saturated carbocycles. The monoisotopic (exact) mass is 267 g/mol. The van der Waals surface area contributed by atoms with Crippen LogP contribution in [0.4, 0.5) is 0 Å². The Kier molecular flexibility index (Phi) is 4.58. The molecule has 2 rings (SSSR count). The number of nitrogens with two attached hydrogens (primary N) is 1. The number of benzene rings is 1. The molecule has 0 saturated heterocycles. The predicted molar refractivity (Wildman–Crippen MR) is 74.0 cm³/mol. The van der Waals surface area contributed by atoms with Gasteiger partial charge in [-0.2, -0.15) is 0 Å². The average Bonchev–Trinajstić information content (AvgIpc) is 2.67. The first-order chi connectivity index (χ1) is 8.76. The number of nitrogens with zero attached hydrogens (tertiary/aromatic N) is 2. The van der Waals surface area contributed by atoms with Crippen molar-refractivity contribution in [2.45, 2.75) is 19.4 Å². The summed E-state index contributed by atoms with van der Waals surface area (Å²) in [6.07, 6.45) is 1.74. The molecule has 1 heterocycles. The molecule has 0 aliphatic heterocycles. The number of fused-ring (bicyclic) bond motifs is 1. The average molecular weight is 268 g/mol. The van der Waals surface area contributed by atoms with Crippen molar-refractivity contribution in [2.24, 2.45) is 5.73 Å². The molecule has 0 aliphatic rings. The number of rotatable bonds is 6. The highest BCUT2D eigenvalue weighted by molar-refractivity contribution is 6.31. The molecule has 18 heavy (non-hydrogen) atoms. The van der Waals surface area contributed by atoms with E-state index >= 15 is 0 Å². The van der Waals surface area contributed by atoms with E-state index in [-0.39, 0.29) is 0 Å². The van der Waals surface area contributed by atoms with E-state index in [1.54, 1.807) is 7.11 Å². The summed E-state index contributed by atoms with van der Waals surface area (Å²) in [5.41, 5.74) is 7.68. The van der Waals surface area contributed by atoms with Crippen LogP contribution in [0.3, 0.4) is 0 Å². The first kappa shape index (κ1) is 13.3. The minimum absolute atomic E-state index is 0.599. The van der Waals surface area contributed by atoms with E-state index in [2.05, 4.69) is 9.55 Å². The van der Waals surface area contributed by atoms with Crippen LogP contribution in [0.2, 0.25) is 5.02 Å². The van der Waals surface area contributed by atoms with Crippen LogP contribution in [0.15, 0.2) is 18.2 Å². The van der Waals surface area contributed by atoms with Crippen molar-refractivity contribution in [3.63, 3.8) is 0 Å². The van der Waals surface area contributed by atoms with Crippen LogP contribution in [0, 0.1) is 0 Å². The smallest absolute Gasteiger partial charge is 0.111 e. The van der Waals surface area contributed by atoms with Crippen LogP contribution >= 0.6 is 11.6 Å². The van der Waals surface area contributed by atoms with E-state index in [0.717, 1.165) is 42.9 Å². The van der Waals surface area contributed by atoms with Crippen molar-refractivity contribution in [1.29, 1.82) is 0 Å². The van der Waals surface area contributed by atoms with Crippen molar-refractivity contribution >= 4 is 22.6 Å². The zero-order valence-electron chi connectivity index (χ0n) is 10.5. The molecule has 98 valence electrons. The Labute approximate surface area is 112 Å². The Morgan fingerprint density at radius 1 is 1.44 bits per heavy atom. The maximum Gasteiger partial charge on any atom is 0.111 e. The number of hydrogen-bond acceptors (Lipinski definition) is 3. The normalized spacial score (nSPS) is 11.3. The molecular formula is C13H18ClN3O. The lowest BCUT2D eigenvalue weighted by Gasteiger charge is -2.08. The fourth-order valence-corrected chi connectivity index (χ4v) is 2.26. The Balaban J connectivity index is 2.35. The Morgan fingerprint density at radius 3 is 3.00 bits per heavy atom. The van der Waals surface area contributed by atoms with Crippen LogP contribution in [0.25, 0.3) is 11.0 Å². The summed E-state index contributed by atoms with van der Waals surface area (Å²) >= 11 is 5.99. The van der Waals surface area contributed by atoms with E-state index in [1.165, 1.54) is 0 Å². The third-order valence-corrected chi connectivity index (χ3v) is 3.12. The molecule has 2 N–H and O–H groups in total. The van der Waals surface area contributed by atoms with Crippen molar-refractivity contribution < 1.29 is 4.74 Å². The highest BCUT2D eigenvalue weighted by Crippen LogP contribution is 2.21. The van der Waals surface area contributed by atoms with Crippen LogP contribution in [0.5, 0.6) is 0 Å². The molecular weight excluding hydrogens is 250 g/mol. The third-order valence-electron chi connectivity index (χ3n) is 2.89. The summed E-state index contributed by atoms with van der Waals surface area (Å²) in [4.78, 5) is 4.60. The van der Waals surface area contributed by atoms with Gasteiger partial charge in [-0.25, -0.2) is 4.98 Å². The number of ether oxygens (including phenoxy) is 1. The van der Waals surface area contributed by atoms with E-state index < -0.39 is 0 Å². The number of hydrogen-bond donors (Lipinski definition) is 1. The van der Waals surface area contributed by atoms with Crippen LogP contribution < -0.4 is 5.73 Å². The van der Waals surface area contributed by atoms with Gasteiger partial charge >= 0.3 is 0 Å². The van der Waals surface area contributed by atoms with Crippen molar-refractivity contribution in [3.05, 3.63) is 29.0 Å². The van der Waals surface area contributed by atoms with Gasteiger partial charge in [0.2, 0.25) is 0 Å². The SMILES string of the molecule is COCCCn1c(CCN)nc2cc(Cl)ccc21. The Hall–Kier alpha value is -1.10. The van der Waals surface area contributed by atoms with Gasteiger partial charge in [0.05, 0.1) is 11.0 Å². The molecule has 0 spiro atoms. The van der Waals surface area contributed by atoms with Crippen molar-refractivity contribution in [1.82, 2.24) is 9.55 Å². The van der Waals surface area contributed by atoms with Crippen LogP contribution in [-0.4, -0.2) is 29.8 Å². The summed E-state index contributed by atoms with van der Waals surface area (Å²) < 4.78 is 7.30. The zero-order chi connectivity index (χ0) is 13.0. The molecule has 0 amide bonds. The van der Waals surface area contributed by atoms with Gasteiger partial charge in [-0.3, -0.25) is 0 Å². The second kappa shape index (κ2) is 6.18. The standard InChI is InChI=1S/C13H18ClN3O/c1-18-8-2-7-17-12-4-3-10(14)9-11(12)16-13(17)5-6-15/h3-4,9H,2,5-8,15H2,1H3. The molecule has 5 heteroatoms. The largest absolute Gasteiger partial charge is 0.385 e. The summed E-state index contributed by atoms with van der Waals surface area (Å²) in [5, 5.41) is 0.711. The highest BCUT2D eigenvalue weighted by atomic mass is 35.5. The van der Waals surface area contributed by atoms with Crippen molar-refractivity contribution in [2.75, 3.05) is 20.3 Å². The number of methoxy groups -OCH3 is 1. The minimum Gasteiger partial charge on any atom is -0.385 e. The van der Waals surface area contributed by atoms with E-state index in [1.807, 2.05) is 18.2 Å². The van der Waals surface area contributed by atoms with E-state index in [4.69, 9.17) is 22.1 Å². The van der Waals surface area contributed by atoms with E-state index in [0.29, 0.717) is 11.6 Å². The summed E-state index contributed by atoms with van der Waals surface area (Å²) in [6.45, 7) is 2.23. The lowest BCUT2D eigenvalue weighted by atomic mass is 10.3. The molecule has 0 bridgehead atoms. The fraction of sp³-hybridized carbons (Fsp3) is 0.462. The molecule has 0 unspecified atom stereocenters. The Bertz CT molecular complexity index is 524. The molecule has 0 aliphatic carbocycles. The Morgan fingerprint density at radius 2 is 2.28 bits per heavy atom. The number of aromatic nitrogens is 2. The maximum absolute atomic E-state index is 5.99. The number of imidazole rings is 1. The maximum atomic E-state index is 5.99. The molecule has 0 radical (unpaired) electrons. The molecule has 4 nitrogen and oxygen atoms in total. The number of halogens is 1. The highest BCUT2D eigenvalue weighted by Gasteiger charge is 2.10. The molecule has 1 aromatic carbocycles. The second-order valence-corrected chi connectivity index (χ2v) is 4.63. The molecule has 1 aromatic heterocycles. The quantitative estimate of drug-likeness (QED) is 0.817. The summed E-state index contributed by atoms with van der Waals surface area (Å²) in [5.74, 6) is 1.02. The fourth-order valence-electron chi connectivity index (χ4n) is 2.09. The van der Waals surface area contributed by atoms with Gasteiger partial charge in [0.1, 0.15) is 5.82 Å². The summed E-state index contributed by atoms with van der Waals surface area (Å²) in [6, 6.07) is 5.80. The summed E-state index contributed by atoms with van der Waals surface area (Å²) in [7, 11) is 1.71. The number of aryl methyl sites for hydroxylation is 1. The zero-order valence-corrected chi connectivity index (χ0v) is 11.3. The van der Waals surface area contributed by atoms with Crippen LogP contribution in [-0.2, 0) is 17.7 Å². The predicted octanol–water partition coefficient (Wildman–Crippen LogP) is 2.23.